The molecule has 0 unspecified atom stereocenters. The minimum atomic E-state index is -0.657. The first-order valence-corrected chi connectivity index (χ1v) is 8.54. The molecular formula is C19H19N5O2. The second-order valence-electron chi connectivity index (χ2n) is 6.37. The maximum absolute atomic E-state index is 13.0. The van der Waals surface area contributed by atoms with Gasteiger partial charge < -0.3 is 20.9 Å². The van der Waals surface area contributed by atoms with Crippen LogP contribution in [-0.2, 0) is 0 Å². The molecule has 1 aliphatic rings. The van der Waals surface area contributed by atoms with Gasteiger partial charge in [-0.2, -0.15) is 0 Å². The summed E-state index contributed by atoms with van der Waals surface area (Å²) in [5, 5.41) is 2.50. The highest BCUT2D eigenvalue weighted by molar-refractivity contribution is 5.97. The van der Waals surface area contributed by atoms with E-state index < -0.39 is 6.03 Å². The second-order valence-corrected chi connectivity index (χ2v) is 6.37. The standard InChI is InChI=1S/C19H19N5O2/c20-19(26)21-13-6-3-5-12(11-13)18(25)24-10-4-9-16(24)17-22-14-7-1-2-8-15(14)23-17/h1-3,5-8,11,16H,4,9-10H2,(H,22,23)(H3,20,21,26)/t16-/m1/s1. The SMILES string of the molecule is NC(=O)Nc1cccc(C(=O)N2CCC[C@@H]2c2nc3ccccc3[nH]2)c1. The van der Waals surface area contributed by atoms with Crippen LogP contribution >= 0.6 is 0 Å². The van der Waals surface area contributed by atoms with Crippen molar-refractivity contribution in [2.45, 2.75) is 18.9 Å². The van der Waals surface area contributed by atoms with Gasteiger partial charge in [-0.1, -0.05) is 18.2 Å². The highest BCUT2D eigenvalue weighted by atomic mass is 16.2. The Morgan fingerprint density at radius 3 is 2.85 bits per heavy atom. The summed E-state index contributed by atoms with van der Waals surface area (Å²) in [4.78, 5) is 33.9. The lowest BCUT2D eigenvalue weighted by atomic mass is 10.1. The number of carbonyl (C=O) groups is 2. The van der Waals surface area contributed by atoms with Crippen LogP contribution in [0.4, 0.5) is 10.5 Å². The molecule has 1 fully saturated rings. The molecule has 2 heterocycles. The van der Waals surface area contributed by atoms with Crippen LogP contribution < -0.4 is 11.1 Å². The summed E-state index contributed by atoms with van der Waals surface area (Å²) < 4.78 is 0. The molecule has 1 aliphatic heterocycles. The number of nitrogens with two attached hydrogens (primary N) is 1. The topological polar surface area (TPSA) is 104 Å². The lowest BCUT2D eigenvalue weighted by Crippen LogP contribution is -2.31. The zero-order chi connectivity index (χ0) is 18.1. The number of fused-ring (bicyclic) bond motifs is 1. The highest BCUT2D eigenvalue weighted by Gasteiger charge is 2.32. The first-order chi connectivity index (χ1) is 12.6. The Balaban J connectivity index is 1.61. The van der Waals surface area contributed by atoms with Gasteiger partial charge in [0, 0.05) is 17.8 Å². The molecule has 0 aliphatic carbocycles. The minimum Gasteiger partial charge on any atom is -0.351 e. The van der Waals surface area contributed by atoms with Crippen LogP contribution in [0.3, 0.4) is 0 Å². The number of nitrogens with zero attached hydrogens (tertiary/aromatic N) is 2. The number of anilines is 1. The molecular weight excluding hydrogens is 330 g/mol. The van der Waals surface area contributed by atoms with Crippen LogP contribution in [0, 0.1) is 0 Å². The van der Waals surface area contributed by atoms with Crippen LogP contribution in [-0.4, -0.2) is 33.4 Å². The average Bonchev–Trinajstić information content (AvgIpc) is 3.27. The van der Waals surface area contributed by atoms with Crippen LogP contribution in [0.2, 0.25) is 0 Å². The summed E-state index contributed by atoms with van der Waals surface area (Å²) in [6.45, 7) is 0.675. The molecule has 1 atom stereocenters. The van der Waals surface area contributed by atoms with Gasteiger partial charge in [-0.25, -0.2) is 9.78 Å². The number of rotatable bonds is 3. The van der Waals surface area contributed by atoms with Gasteiger partial charge in [-0.15, -0.1) is 0 Å². The molecule has 132 valence electrons. The molecule has 7 nitrogen and oxygen atoms in total. The molecule has 4 rings (SSSR count). The molecule has 0 bridgehead atoms. The zero-order valence-corrected chi connectivity index (χ0v) is 14.1. The Bertz CT molecular complexity index is 948. The zero-order valence-electron chi connectivity index (χ0n) is 14.1. The first-order valence-electron chi connectivity index (χ1n) is 8.54. The van der Waals surface area contributed by atoms with E-state index in [1.165, 1.54) is 0 Å². The smallest absolute Gasteiger partial charge is 0.316 e. The summed E-state index contributed by atoms with van der Waals surface area (Å²) in [7, 11) is 0. The van der Waals surface area contributed by atoms with Gasteiger partial charge in [0.05, 0.1) is 17.1 Å². The molecule has 0 saturated carbocycles. The maximum atomic E-state index is 13.0. The van der Waals surface area contributed by atoms with Crippen molar-refractivity contribution in [2.75, 3.05) is 11.9 Å². The average molecular weight is 349 g/mol. The summed E-state index contributed by atoms with van der Waals surface area (Å²) >= 11 is 0. The van der Waals surface area contributed by atoms with Crippen molar-refractivity contribution in [1.82, 2.24) is 14.9 Å². The van der Waals surface area contributed by atoms with Crippen molar-refractivity contribution in [3.05, 3.63) is 59.9 Å². The Kier molecular flexibility index (Phi) is 4.04. The molecule has 0 spiro atoms. The van der Waals surface area contributed by atoms with Crippen LogP contribution in [0.1, 0.15) is 35.1 Å². The fraction of sp³-hybridized carbons (Fsp3) is 0.211. The Morgan fingerprint density at radius 2 is 2.04 bits per heavy atom. The fourth-order valence-corrected chi connectivity index (χ4v) is 3.46. The number of carbonyl (C=O) groups excluding carboxylic acids is 2. The molecule has 1 aromatic heterocycles. The van der Waals surface area contributed by atoms with Crippen LogP contribution in [0.15, 0.2) is 48.5 Å². The Hall–Kier alpha value is -3.35. The number of hydrogen-bond donors (Lipinski definition) is 3. The van der Waals surface area contributed by atoms with Gasteiger partial charge in [0.2, 0.25) is 0 Å². The molecule has 2 aromatic carbocycles. The monoisotopic (exact) mass is 349 g/mol. The van der Waals surface area contributed by atoms with Crippen molar-refractivity contribution in [2.24, 2.45) is 5.73 Å². The number of benzene rings is 2. The number of urea groups is 1. The number of para-hydroxylation sites is 2. The van der Waals surface area contributed by atoms with Crippen LogP contribution in [0.25, 0.3) is 11.0 Å². The van der Waals surface area contributed by atoms with Gasteiger partial charge >= 0.3 is 6.03 Å². The minimum absolute atomic E-state index is 0.0809. The molecule has 26 heavy (non-hydrogen) atoms. The summed E-state index contributed by atoms with van der Waals surface area (Å²) in [5.74, 6) is 0.726. The van der Waals surface area contributed by atoms with Crippen molar-refractivity contribution < 1.29 is 9.59 Å². The summed E-state index contributed by atoms with van der Waals surface area (Å²) in [6, 6.07) is 13.9. The van der Waals surface area contributed by atoms with E-state index >= 15 is 0 Å². The predicted octanol–water partition coefficient (Wildman–Crippen LogP) is 3.03. The van der Waals surface area contributed by atoms with Gasteiger partial charge in [0.25, 0.3) is 5.91 Å². The van der Waals surface area contributed by atoms with E-state index in [-0.39, 0.29) is 11.9 Å². The maximum Gasteiger partial charge on any atom is 0.316 e. The van der Waals surface area contributed by atoms with Gasteiger partial charge in [-0.3, -0.25) is 4.79 Å². The predicted molar refractivity (Wildman–Crippen MR) is 98.8 cm³/mol. The number of aromatic amines is 1. The third kappa shape index (κ3) is 2.99. The summed E-state index contributed by atoms with van der Waals surface area (Å²) in [5.41, 5.74) is 8.03. The normalized spacial score (nSPS) is 16.8. The van der Waals surface area contributed by atoms with Gasteiger partial charge in [0.15, 0.2) is 0 Å². The van der Waals surface area contributed by atoms with Gasteiger partial charge in [-0.05, 0) is 43.2 Å². The molecule has 3 amide bonds. The van der Waals surface area contributed by atoms with E-state index in [0.29, 0.717) is 17.8 Å². The molecule has 1 saturated heterocycles. The van der Waals surface area contributed by atoms with Gasteiger partial charge in [0.1, 0.15) is 5.82 Å². The third-order valence-corrected chi connectivity index (χ3v) is 4.61. The quantitative estimate of drug-likeness (QED) is 0.677. The number of primary amides is 1. The van der Waals surface area contributed by atoms with E-state index in [1.807, 2.05) is 29.2 Å². The number of imidazole rings is 1. The Labute approximate surface area is 150 Å². The van der Waals surface area contributed by atoms with E-state index in [2.05, 4.69) is 15.3 Å². The van der Waals surface area contributed by atoms with E-state index in [0.717, 1.165) is 29.7 Å². The number of hydrogen-bond acceptors (Lipinski definition) is 3. The number of amides is 3. The van der Waals surface area contributed by atoms with E-state index in [4.69, 9.17) is 5.73 Å². The van der Waals surface area contributed by atoms with E-state index in [9.17, 15) is 9.59 Å². The van der Waals surface area contributed by atoms with Crippen molar-refractivity contribution in [1.29, 1.82) is 0 Å². The van der Waals surface area contributed by atoms with Crippen molar-refractivity contribution >= 4 is 28.7 Å². The first kappa shape index (κ1) is 16.1. The molecule has 4 N–H and O–H groups in total. The lowest BCUT2D eigenvalue weighted by molar-refractivity contribution is 0.0730. The highest BCUT2D eigenvalue weighted by Crippen LogP contribution is 2.32. The molecule has 0 radical (unpaired) electrons. The number of H-pyrrole nitrogens is 1. The fourth-order valence-electron chi connectivity index (χ4n) is 3.46. The molecule has 7 heteroatoms. The number of aromatic nitrogens is 2. The summed E-state index contributed by atoms with van der Waals surface area (Å²) in [6.07, 6.45) is 1.79. The van der Waals surface area contributed by atoms with Crippen molar-refractivity contribution in [3.8, 4) is 0 Å². The Morgan fingerprint density at radius 1 is 1.19 bits per heavy atom. The second kappa shape index (κ2) is 6.51. The van der Waals surface area contributed by atoms with Crippen LogP contribution in [0.5, 0.6) is 0 Å². The largest absolute Gasteiger partial charge is 0.351 e. The molecule has 3 aromatic rings. The lowest BCUT2D eigenvalue weighted by Gasteiger charge is -2.23. The van der Waals surface area contributed by atoms with E-state index in [1.54, 1.807) is 24.3 Å². The number of likely N-dealkylation sites (tertiary alicyclic amines) is 1. The van der Waals surface area contributed by atoms with Crippen molar-refractivity contribution in [3.63, 3.8) is 0 Å². The number of nitrogens with one attached hydrogen (secondary N) is 2. The third-order valence-electron chi connectivity index (χ3n) is 4.61.